The first-order valence-corrected chi connectivity index (χ1v) is 5.78. The van der Waals surface area contributed by atoms with E-state index in [1.54, 1.807) is 12.1 Å². The molecular weight excluding hydrogens is 205 g/mol. The van der Waals surface area contributed by atoms with Crippen LogP contribution in [0.15, 0.2) is 24.3 Å². The second-order valence-electron chi connectivity index (χ2n) is 3.89. The molecular formula is C13H20FNO. The molecule has 0 aliphatic rings. The van der Waals surface area contributed by atoms with Crippen LogP contribution in [0.1, 0.15) is 19.4 Å². The summed E-state index contributed by atoms with van der Waals surface area (Å²) in [6.45, 7) is 6.38. The Hall–Kier alpha value is -0.930. The molecule has 2 nitrogen and oxygen atoms in total. The predicted octanol–water partition coefficient (Wildman–Crippen LogP) is 2.38. The Balaban J connectivity index is 2.20. The van der Waals surface area contributed by atoms with E-state index in [0.29, 0.717) is 6.04 Å². The molecule has 0 amide bonds. The number of rotatable bonds is 7. The van der Waals surface area contributed by atoms with Crippen LogP contribution in [-0.2, 0) is 11.2 Å². The van der Waals surface area contributed by atoms with Crippen LogP contribution in [0.25, 0.3) is 0 Å². The molecule has 0 aromatic heterocycles. The highest BCUT2D eigenvalue weighted by molar-refractivity contribution is 5.16. The van der Waals surface area contributed by atoms with Crippen LogP contribution >= 0.6 is 0 Å². The first kappa shape index (κ1) is 13.1. The van der Waals surface area contributed by atoms with Crippen molar-refractivity contribution in [3.05, 3.63) is 35.6 Å². The summed E-state index contributed by atoms with van der Waals surface area (Å²) < 4.78 is 18.2. The minimum atomic E-state index is -0.167. The van der Waals surface area contributed by atoms with Gasteiger partial charge in [0.05, 0.1) is 6.61 Å². The molecule has 0 saturated heterocycles. The van der Waals surface area contributed by atoms with Crippen LogP contribution < -0.4 is 5.32 Å². The number of ether oxygens (including phenoxy) is 1. The lowest BCUT2D eigenvalue weighted by Gasteiger charge is -2.13. The highest BCUT2D eigenvalue weighted by atomic mass is 19.1. The quantitative estimate of drug-likeness (QED) is 0.769. The van der Waals surface area contributed by atoms with Gasteiger partial charge in [-0.1, -0.05) is 12.1 Å². The van der Waals surface area contributed by atoms with E-state index < -0.39 is 0 Å². The van der Waals surface area contributed by atoms with Gasteiger partial charge in [-0.25, -0.2) is 4.39 Å². The van der Waals surface area contributed by atoms with Gasteiger partial charge in [0.25, 0.3) is 0 Å². The molecule has 1 N–H and O–H groups in total. The van der Waals surface area contributed by atoms with Crippen LogP contribution in [0.4, 0.5) is 4.39 Å². The highest BCUT2D eigenvalue weighted by Crippen LogP contribution is 2.03. The van der Waals surface area contributed by atoms with Gasteiger partial charge >= 0.3 is 0 Å². The second kappa shape index (κ2) is 7.36. The lowest BCUT2D eigenvalue weighted by atomic mass is 10.1. The van der Waals surface area contributed by atoms with Gasteiger partial charge in [-0.3, -0.25) is 0 Å². The summed E-state index contributed by atoms with van der Waals surface area (Å²) in [5.74, 6) is -0.167. The average molecular weight is 225 g/mol. The van der Waals surface area contributed by atoms with Crippen LogP contribution in [0.2, 0.25) is 0 Å². The Morgan fingerprint density at radius 2 is 2.25 bits per heavy atom. The molecule has 0 bridgehead atoms. The van der Waals surface area contributed by atoms with Crippen molar-refractivity contribution in [3.8, 4) is 0 Å². The molecule has 0 heterocycles. The van der Waals surface area contributed by atoms with Crippen molar-refractivity contribution >= 4 is 0 Å². The molecule has 0 saturated carbocycles. The molecule has 3 heteroatoms. The summed E-state index contributed by atoms with van der Waals surface area (Å²) in [5, 5.41) is 3.34. The summed E-state index contributed by atoms with van der Waals surface area (Å²) in [4.78, 5) is 0. The molecule has 0 radical (unpaired) electrons. The van der Waals surface area contributed by atoms with E-state index in [9.17, 15) is 4.39 Å². The summed E-state index contributed by atoms with van der Waals surface area (Å²) in [5.41, 5.74) is 1.02. The molecule has 1 aromatic rings. The summed E-state index contributed by atoms with van der Waals surface area (Å²) >= 11 is 0. The van der Waals surface area contributed by atoms with E-state index in [0.717, 1.165) is 31.7 Å². The summed E-state index contributed by atoms with van der Waals surface area (Å²) in [6.07, 6.45) is 0.841. The van der Waals surface area contributed by atoms with Crippen molar-refractivity contribution < 1.29 is 9.13 Å². The third-order valence-corrected chi connectivity index (χ3v) is 2.37. The van der Waals surface area contributed by atoms with Gasteiger partial charge < -0.3 is 10.1 Å². The van der Waals surface area contributed by atoms with E-state index in [-0.39, 0.29) is 5.82 Å². The van der Waals surface area contributed by atoms with E-state index >= 15 is 0 Å². The van der Waals surface area contributed by atoms with Crippen molar-refractivity contribution in [2.75, 3.05) is 19.8 Å². The van der Waals surface area contributed by atoms with Crippen molar-refractivity contribution in [1.82, 2.24) is 5.32 Å². The minimum Gasteiger partial charge on any atom is -0.380 e. The largest absolute Gasteiger partial charge is 0.380 e. The number of hydrogen-bond acceptors (Lipinski definition) is 2. The van der Waals surface area contributed by atoms with Gasteiger partial charge in [-0.2, -0.15) is 0 Å². The lowest BCUT2D eigenvalue weighted by molar-refractivity contribution is 0.127. The van der Waals surface area contributed by atoms with Gasteiger partial charge in [0, 0.05) is 12.6 Å². The molecule has 0 fully saturated rings. The fourth-order valence-corrected chi connectivity index (χ4v) is 1.51. The molecule has 1 unspecified atom stereocenters. The highest BCUT2D eigenvalue weighted by Gasteiger charge is 2.00. The third-order valence-electron chi connectivity index (χ3n) is 2.37. The van der Waals surface area contributed by atoms with Gasteiger partial charge in [-0.15, -0.1) is 0 Å². The first-order valence-electron chi connectivity index (χ1n) is 5.78. The van der Waals surface area contributed by atoms with Crippen LogP contribution in [0, 0.1) is 5.82 Å². The SMILES string of the molecule is CCOCC(C)NCCc1cccc(F)c1. The zero-order valence-electron chi connectivity index (χ0n) is 10.0. The molecule has 1 rings (SSSR count). The average Bonchev–Trinajstić information content (AvgIpc) is 2.26. The lowest BCUT2D eigenvalue weighted by Crippen LogP contribution is -2.32. The van der Waals surface area contributed by atoms with Crippen molar-refractivity contribution in [2.45, 2.75) is 26.3 Å². The zero-order valence-corrected chi connectivity index (χ0v) is 10.0. The Bertz CT molecular complexity index is 304. The minimum absolute atomic E-state index is 0.167. The number of hydrogen-bond donors (Lipinski definition) is 1. The maximum atomic E-state index is 12.9. The van der Waals surface area contributed by atoms with Crippen LogP contribution in [0.3, 0.4) is 0 Å². The first-order chi connectivity index (χ1) is 7.72. The normalized spacial score (nSPS) is 12.7. The Morgan fingerprint density at radius 3 is 2.94 bits per heavy atom. The molecule has 16 heavy (non-hydrogen) atoms. The fraction of sp³-hybridized carbons (Fsp3) is 0.538. The predicted molar refractivity (Wildman–Crippen MR) is 64.1 cm³/mol. The third kappa shape index (κ3) is 5.24. The van der Waals surface area contributed by atoms with Gasteiger partial charge in [0.1, 0.15) is 5.82 Å². The van der Waals surface area contributed by atoms with E-state index in [2.05, 4.69) is 12.2 Å². The van der Waals surface area contributed by atoms with Gasteiger partial charge in [0.15, 0.2) is 0 Å². The summed E-state index contributed by atoms with van der Waals surface area (Å²) in [6, 6.07) is 7.07. The van der Waals surface area contributed by atoms with E-state index in [4.69, 9.17) is 4.74 Å². The molecule has 90 valence electrons. The Labute approximate surface area is 96.8 Å². The number of benzene rings is 1. The molecule has 1 atom stereocenters. The molecule has 0 aliphatic heterocycles. The molecule has 0 spiro atoms. The Morgan fingerprint density at radius 1 is 1.44 bits per heavy atom. The smallest absolute Gasteiger partial charge is 0.123 e. The second-order valence-corrected chi connectivity index (χ2v) is 3.89. The van der Waals surface area contributed by atoms with Gasteiger partial charge in [0.2, 0.25) is 0 Å². The van der Waals surface area contributed by atoms with Crippen LogP contribution in [-0.4, -0.2) is 25.8 Å². The zero-order chi connectivity index (χ0) is 11.8. The van der Waals surface area contributed by atoms with Crippen molar-refractivity contribution in [2.24, 2.45) is 0 Å². The maximum absolute atomic E-state index is 12.9. The Kier molecular flexibility index (Phi) is 6.04. The van der Waals surface area contributed by atoms with E-state index in [1.807, 2.05) is 13.0 Å². The van der Waals surface area contributed by atoms with Crippen molar-refractivity contribution in [3.63, 3.8) is 0 Å². The number of halogens is 1. The maximum Gasteiger partial charge on any atom is 0.123 e. The molecule has 0 aliphatic carbocycles. The fourth-order valence-electron chi connectivity index (χ4n) is 1.51. The van der Waals surface area contributed by atoms with Crippen molar-refractivity contribution in [1.29, 1.82) is 0 Å². The summed E-state index contributed by atoms with van der Waals surface area (Å²) in [7, 11) is 0. The van der Waals surface area contributed by atoms with E-state index in [1.165, 1.54) is 6.07 Å². The van der Waals surface area contributed by atoms with Gasteiger partial charge in [-0.05, 0) is 44.5 Å². The van der Waals surface area contributed by atoms with Crippen LogP contribution in [0.5, 0.6) is 0 Å². The topological polar surface area (TPSA) is 21.3 Å². The molecule has 1 aromatic carbocycles. The standard InChI is InChI=1S/C13H20FNO/c1-3-16-10-11(2)15-8-7-12-5-4-6-13(14)9-12/h4-6,9,11,15H,3,7-8,10H2,1-2H3. The monoisotopic (exact) mass is 225 g/mol. The number of nitrogens with one attached hydrogen (secondary N) is 1.